The van der Waals surface area contributed by atoms with Gasteiger partial charge in [0.1, 0.15) is 0 Å². The van der Waals surface area contributed by atoms with Crippen molar-refractivity contribution in [3.05, 3.63) is 35.4 Å². The number of fused-ring (bicyclic) bond motifs is 1. The number of nitrogens with zero attached hydrogens (tertiary/aromatic N) is 4. The molecular formula is C16H21N5O2. The Hall–Kier alpha value is -2.44. The summed E-state index contributed by atoms with van der Waals surface area (Å²) in [5, 5.41) is 7.77. The van der Waals surface area contributed by atoms with Gasteiger partial charge in [-0.1, -0.05) is 0 Å². The van der Waals surface area contributed by atoms with E-state index in [2.05, 4.69) is 27.3 Å². The van der Waals surface area contributed by atoms with Crippen LogP contribution in [-0.2, 0) is 17.7 Å². The van der Waals surface area contributed by atoms with Crippen molar-refractivity contribution in [2.45, 2.75) is 45.7 Å². The lowest BCUT2D eigenvalue weighted by molar-refractivity contribution is 0.0519. The van der Waals surface area contributed by atoms with Crippen LogP contribution < -0.4 is 5.32 Å². The van der Waals surface area contributed by atoms with Crippen LogP contribution >= 0.6 is 0 Å². The summed E-state index contributed by atoms with van der Waals surface area (Å²) in [6.07, 6.45) is 6.63. The molecule has 0 fully saturated rings. The minimum atomic E-state index is -0.430. The first-order valence-corrected chi connectivity index (χ1v) is 8.04. The van der Waals surface area contributed by atoms with Crippen LogP contribution in [0.4, 0.5) is 5.95 Å². The van der Waals surface area contributed by atoms with Gasteiger partial charge in [0.15, 0.2) is 5.69 Å². The summed E-state index contributed by atoms with van der Waals surface area (Å²) < 4.78 is 7.02. The molecule has 23 heavy (non-hydrogen) atoms. The van der Waals surface area contributed by atoms with Gasteiger partial charge in [0.2, 0.25) is 5.95 Å². The van der Waals surface area contributed by atoms with Crippen LogP contribution in [0.15, 0.2) is 18.5 Å². The Morgan fingerprint density at radius 2 is 2.35 bits per heavy atom. The average Bonchev–Trinajstić information content (AvgIpc) is 2.99. The molecule has 2 aromatic heterocycles. The average molecular weight is 315 g/mol. The molecule has 1 atom stereocenters. The van der Waals surface area contributed by atoms with Gasteiger partial charge in [0.25, 0.3) is 0 Å². The normalized spacial score (nSPS) is 16.7. The van der Waals surface area contributed by atoms with Gasteiger partial charge in [-0.2, -0.15) is 5.10 Å². The highest BCUT2D eigenvalue weighted by atomic mass is 16.5. The summed E-state index contributed by atoms with van der Waals surface area (Å²) in [5.41, 5.74) is 2.74. The summed E-state index contributed by atoms with van der Waals surface area (Å²) in [6, 6.07) is 1.68. The van der Waals surface area contributed by atoms with Crippen molar-refractivity contribution in [2.24, 2.45) is 0 Å². The molecule has 0 aromatic carbocycles. The number of rotatable bonds is 5. The van der Waals surface area contributed by atoms with Crippen molar-refractivity contribution in [2.75, 3.05) is 11.9 Å². The van der Waals surface area contributed by atoms with Gasteiger partial charge in [-0.25, -0.2) is 14.8 Å². The van der Waals surface area contributed by atoms with E-state index in [-0.39, 0.29) is 11.7 Å². The number of aryl methyl sites for hydroxylation is 1. The van der Waals surface area contributed by atoms with Crippen molar-refractivity contribution in [1.29, 1.82) is 0 Å². The van der Waals surface area contributed by atoms with Crippen molar-refractivity contribution in [3.63, 3.8) is 0 Å². The number of ether oxygens (including phenoxy) is 1. The number of anilines is 1. The van der Waals surface area contributed by atoms with E-state index in [0.29, 0.717) is 12.6 Å². The van der Waals surface area contributed by atoms with Gasteiger partial charge >= 0.3 is 5.97 Å². The lowest BCUT2D eigenvalue weighted by Crippen LogP contribution is -2.20. The molecule has 1 aliphatic carbocycles. The third-order valence-electron chi connectivity index (χ3n) is 4.01. The molecule has 1 unspecified atom stereocenters. The van der Waals surface area contributed by atoms with Crippen LogP contribution in [0.3, 0.4) is 0 Å². The number of esters is 1. The van der Waals surface area contributed by atoms with Crippen LogP contribution in [0.1, 0.15) is 54.5 Å². The van der Waals surface area contributed by atoms with E-state index in [9.17, 15) is 4.79 Å². The molecule has 0 aliphatic heterocycles. The highest BCUT2D eigenvalue weighted by Gasteiger charge is 2.24. The molecule has 122 valence electrons. The van der Waals surface area contributed by atoms with Gasteiger partial charge < -0.3 is 10.1 Å². The molecule has 0 spiro atoms. The Bertz CT molecular complexity index is 698. The quantitative estimate of drug-likeness (QED) is 0.853. The van der Waals surface area contributed by atoms with E-state index in [1.165, 1.54) is 11.3 Å². The number of nitrogens with one attached hydrogen (secondary N) is 1. The van der Waals surface area contributed by atoms with Crippen molar-refractivity contribution in [1.82, 2.24) is 19.7 Å². The summed E-state index contributed by atoms with van der Waals surface area (Å²) in [6.45, 7) is 5.06. The number of carbonyl (C=O) groups is 1. The molecule has 1 aliphatic rings. The molecule has 0 radical (unpaired) electrons. The van der Waals surface area contributed by atoms with Crippen LogP contribution in [0.2, 0.25) is 0 Å². The second-order valence-corrected chi connectivity index (χ2v) is 5.44. The fourth-order valence-electron chi connectivity index (χ4n) is 2.94. The van der Waals surface area contributed by atoms with Gasteiger partial charge in [0, 0.05) is 24.0 Å². The first-order chi connectivity index (χ1) is 11.2. The van der Waals surface area contributed by atoms with Crippen LogP contribution in [0.25, 0.3) is 0 Å². The van der Waals surface area contributed by atoms with E-state index < -0.39 is 5.97 Å². The second kappa shape index (κ2) is 6.76. The Morgan fingerprint density at radius 1 is 1.48 bits per heavy atom. The summed E-state index contributed by atoms with van der Waals surface area (Å²) in [7, 11) is 0. The number of carbonyl (C=O) groups excluding carboxylic acids is 1. The van der Waals surface area contributed by atoms with Crippen molar-refractivity contribution in [3.8, 4) is 0 Å². The van der Waals surface area contributed by atoms with Gasteiger partial charge in [-0.3, -0.25) is 4.68 Å². The third-order valence-corrected chi connectivity index (χ3v) is 4.01. The molecular weight excluding hydrogens is 294 g/mol. The maximum atomic E-state index is 11.8. The monoisotopic (exact) mass is 315 g/mol. The zero-order valence-corrected chi connectivity index (χ0v) is 13.5. The van der Waals surface area contributed by atoms with Gasteiger partial charge in [-0.15, -0.1) is 0 Å². The highest BCUT2D eigenvalue weighted by Crippen LogP contribution is 2.31. The zero-order chi connectivity index (χ0) is 16.2. The topological polar surface area (TPSA) is 81.9 Å². The first-order valence-electron chi connectivity index (χ1n) is 8.04. The molecule has 0 amide bonds. The summed E-state index contributed by atoms with van der Waals surface area (Å²) >= 11 is 0. The number of aromatic nitrogens is 4. The third kappa shape index (κ3) is 3.18. The Kier molecular flexibility index (Phi) is 4.55. The Balaban J connectivity index is 1.79. The lowest BCUT2D eigenvalue weighted by Gasteiger charge is -2.24. The predicted molar refractivity (Wildman–Crippen MR) is 85.2 cm³/mol. The molecule has 0 bridgehead atoms. The van der Waals surface area contributed by atoms with Crippen LogP contribution in [0, 0.1) is 0 Å². The molecule has 7 heteroatoms. The highest BCUT2D eigenvalue weighted by molar-refractivity contribution is 5.87. The molecule has 2 aromatic rings. The van der Waals surface area contributed by atoms with E-state index in [1.807, 2.05) is 10.9 Å². The molecule has 7 nitrogen and oxygen atoms in total. The smallest absolute Gasteiger partial charge is 0.357 e. The summed E-state index contributed by atoms with van der Waals surface area (Å²) in [4.78, 5) is 20.3. The fraction of sp³-hybridized carbons (Fsp3) is 0.500. The number of hydrogen-bond acceptors (Lipinski definition) is 6. The standard InChI is InChI=1S/C16H21N5O2/c1-3-21-14-7-5-6-12(11(14)10-18-21)19-16-17-9-8-13(20-16)15(22)23-4-2/h8-10,12H,3-7H2,1-2H3,(H,17,19,20). The van der Waals surface area contributed by atoms with Crippen molar-refractivity contribution < 1.29 is 9.53 Å². The zero-order valence-electron chi connectivity index (χ0n) is 13.5. The van der Waals surface area contributed by atoms with Gasteiger partial charge in [0.05, 0.1) is 18.8 Å². The Morgan fingerprint density at radius 3 is 3.13 bits per heavy atom. The van der Waals surface area contributed by atoms with E-state index in [0.717, 1.165) is 25.8 Å². The van der Waals surface area contributed by atoms with E-state index in [4.69, 9.17) is 4.74 Å². The molecule has 0 saturated heterocycles. The molecule has 0 saturated carbocycles. The SMILES string of the molecule is CCOC(=O)c1ccnc(NC2CCCc3c2cnn3CC)n1. The molecule has 3 rings (SSSR count). The maximum Gasteiger partial charge on any atom is 0.357 e. The van der Waals surface area contributed by atoms with Crippen LogP contribution in [0.5, 0.6) is 0 Å². The molecule has 1 N–H and O–H groups in total. The second-order valence-electron chi connectivity index (χ2n) is 5.44. The van der Waals surface area contributed by atoms with Crippen molar-refractivity contribution >= 4 is 11.9 Å². The minimum absolute atomic E-state index is 0.122. The fourth-order valence-corrected chi connectivity index (χ4v) is 2.94. The Labute approximate surface area is 135 Å². The minimum Gasteiger partial charge on any atom is -0.461 e. The summed E-state index contributed by atoms with van der Waals surface area (Å²) in [5.74, 6) is 0.0127. The van der Waals surface area contributed by atoms with E-state index in [1.54, 1.807) is 19.2 Å². The van der Waals surface area contributed by atoms with Gasteiger partial charge in [-0.05, 0) is 39.2 Å². The van der Waals surface area contributed by atoms with E-state index >= 15 is 0 Å². The predicted octanol–water partition coefficient (Wildman–Crippen LogP) is 2.36. The largest absolute Gasteiger partial charge is 0.461 e. The number of hydrogen-bond donors (Lipinski definition) is 1. The maximum absolute atomic E-state index is 11.8. The molecule has 2 heterocycles. The van der Waals surface area contributed by atoms with Crippen LogP contribution in [-0.4, -0.2) is 32.3 Å². The first kappa shape index (κ1) is 15.5. The lowest BCUT2D eigenvalue weighted by atomic mass is 9.93.